The van der Waals surface area contributed by atoms with Crippen LogP contribution in [0.1, 0.15) is 91.1 Å². The van der Waals surface area contributed by atoms with Gasteiger partial charge in [-0.05, 0) is 101 Å². The van der Waals surface area contributed by atoms with Crippen LogP contribution in [0.15, 0.2) is 66.2 Å². The summed E-state index contributed by atoms with van der Waals surface area (Å²) in [5.74, 6) is 0.757. The summed E-state index contributed by atoms with van der Waals surface area (Å²) >= 11 is 0. The third-order valence-electron chi connectivity index (χ3n) is 10.0. The van der Waals surface area contributed by atoms with E-state index >= 15 is 0 Å². The number of aromatic amines is 1. The number of allylic oxidation sites excluding steroid dienone is 1. The minimum atomic E-state index is -0.561. The molecular formula is C41H45N7O4. The molecule has 2 aromatic heterocycles. The maximum Gasteiger partial charge on any atom is 0.410 e. The maximum atomic E-state index is 13.0. The number of amides is 2. The average Bonchev–Trinajstić information content (AvgIpc) is 3.92. The Morgan fingerprint density at radius 3 is 1.90 bits per heavy atom. The van der Waals surface area contributed by atoms with E-state index in [0.29, 0.717) is 19.5 Å². The van der Waals surface area contributed by atoms with Crippen LogP contribution in [-0.4, -0.2) is 78.0 Å². The number of H-pyrrole nitrogens is 1. The largest absolute Gasteiger partial charge is 0.444 e. The van der Waals surface area contributed by atoms with Crippen molar-refractivity contribution in [2.75, 3.05) is 13.1 Å². The molecule has 8 rings (SSSR count). The van der Waals surface area contributed by atoms with Crippen molar-refractivity contribution in [3.63, 3.8) is 0 Å². The summed E-state index contributed by atoms with van der Waals surface area (Å²) < 4.78 is 11.4. The highest BCUT2D eigenvalue weighted by molar-refractivity contribution is 6.24. The molecule has 0 bridgehead atoms. The van der Waals surface area contributed by atoms with Gasteiger partial charge in [-0.2, -0.15) is 0 Å². The van der Waals surface area contributed by atoms with Crippen molar-refractivity contribution < 1.29 is 19.1 Å². The van der Waals surface area contributed by atoms with Crippen molar-refractivity contribution in [3.8, 4) is 11.3 Å². The lowest BCUT2D eigenvalue weighted by atomic mass is 9.93. The Hall–Kier alpha value is -5.32. The zero-order chi connectivity index (χ0) is 36.4. The number of aromatic nitrogens is 4. The van der Waals surface area contributed by atoms with Crippen LogP contribution in [0.3, 0.4) is 0 Å². The molecule has 11 nitrogen and oxygen atoms in total. The van der Waals surface area contributed by atoms with Crippen molar-refractivity contribution in [1.29, 1.82) is 0 Å². The van der Waals surface area contributed by atoms with E-state index in [1.807, 2.05) is 58.8 Å². The first-order valence-corrected chi connectivity index (χ1v) is 18.2. The number of imidazole rings is 1. The molecule has 268 valence electrons. The third kappa shape index (κ3) is 6.37. The number of nitrogens with zero attached hydrogens (tertiary/aromatic N) is 6. The fourth-order valence-electron chi connectivity index (χ4n) is 7.77. The molecule has 0 unspecified atom stereocenters. The first-order valence-electron chi connectivity index (χ1n) is 18.2. The van der Waals surface area contributed by atoms with Crippen molar-refractivity contribution in [2.45, 2.75) is 96.9 Å². The van der Waals surface area contributed by atoms with Crippen LogP contribution >= 0.6 is 0 Å². The number of rotatable bonds is 4. The van der Waals surface area contributed by atoms with Gasteiger partial charge in [0.15, 0.2) is 0 Å². The lowest BCUT2D eigenvalue weighted by Gasteiger charge is -2.28. The molecule has 3 aromatic carbocycles. The fraction of sp³-hybridized carbons (Fsp3) is 0.415. The Morgan fingerprint density at radius 2 is 1.29 bits per heavy atom. The van der Waals surface area contributed by atoms with Crippen LogP contribution in [0.25, 0.3) is 49.4 Å². The molecular weight excluding hydrogens is 654 g/mol. The number of hydrogen-bond acceptors (Lipinski definition) is 8. The number of benzene rings is 3. The van der Waals surface area contributed by atoms with Crippen LogP contribution in [0.4, 0.5) is 9.59 Å². The number of carbonyl (C=O) groups is 2. The molecule has 3 aliphatic rings. The lowest BCUT2D eigenvalue weighted by molar-refractivity contribution is 0.0216. The van der Waals surface area contributed by atoms with Gasteiger partial charge in [-0.3, -0.25) is 24.8 Å². The van der Waals surface area contributed by atoms with E-state index in [1.165, 1.54) is 0 Å². The summed E-state index contributed by atoms with van der Waals surface area (Å²) in [7, 11) is 0. The minimum absolute atomic E-state index is 0.0538. The molecule has 52 heavy (non-hydrogen) atoms. The van der Waals surface area contributed by atoms with Gasteiger partial charge < -0.3 is 14.5 Å². The standard InChI is InChI=1S/C41H45N7O4/c1-40(2,3)51-38(49)47-17-7-9-33(47)31-21-26(22-44-31)24-11-13-27-28-14-12-25(20-30(28)36-35(29(27)19-24)42-15-16-43-36)32-23-45-37(46-32)34-10-8-18-48(34)39(50)52-41(4,5)6/h11-16,19-20,22-23,33-34H,7-10,17-18,21H2,1-6H3,(H,45,46)/t33-,34-/m0/s1. The molecule has 1 N–H and O–H groups in total. The number of aliphatic imine (C=N–C) groups is 1. The van der Waals surface area contributed by atoms with Gasteiger partial charge in [0.05, 0.1) is 35.0 Å². The maximum absolute atomic E-state index is 13.0. The fourth-order valence-corrected chi connectivity index (χ4v) is 7.77. The third-order valence-corrected chi connectivity index (χ3v) is 10.0. The van der Waals surface area contributed by atoms with Gasteiger partial charge >= 0.3 is 12.2 Å². The van der Waals surface area contributed by atoms with Crippen molar-refractivity contribution in [3.05, 3.63) is 72.6 Å². The molecule has 2 amide bonds. The number of nitrogens with one attached hydrogen (secondary N) is 1. The second kappa shape index (κ2) is 12.7. The lowest BCUT2D eigenvalue weighted by Crippen LogP contribution is -2.43. The molecule has 11 heteroatoms. The number of hydrogen-bond donors (Lipinski definition) is 1. The zero-order valence-electron chi connectivity index (χ0n) is 30.7. The molecule has 0 spiro atoms. The first-order chi connectivity index (χ1) is 24.8. The van der Waals surface area contributed by atoms with Gasteiger partial charge in [0.1, 0.15) is 17.0 Å². The van der Waals surface area contributed by atoms with Crippen LogP contribution in [0, 0.1) is 0 Å². The molecule has 3 aliphatic heterocycles. The highest BCUT2D eigenvalue weighted by atomic mass is 16.6. The van der Waals surface area contributed by atoms with E-state index in [2.05, 4.69) is 41.4 Å². The van der Waals surface area contributed by atoms with Gasteiger partial charge in [0.2, 0.25) is 0 Å². The molecule has 0 saturated carbocycles. The van der Waals surface area contributed by atoms with E-state index in [4.69, 9.17) is 29.4 Å². The van der Waals surface area contributed by atoms with Crippen LogP contribution in [0.5, 0.6) is 0 Å². The Kier molecular flexibility index (Phi) is 8.27. The van der Waals surface area contributed by atoms with E-state index < -0.39 is 11.2 Å². The summed E-state index contributed by atoms with van der Waals surface area (Å²) in [6.45, 7) is 12.7. The number of carbonyl (C=O) groups excluding carboxylic acids is 2. The molecule has 5 aromatic rings. The Balaban J connectivity index is 1.08. The summed E-state index contributed by atoms with van der Waals surface area (Å²) in [6, 6.07) is 12.7. The van der Waals surface area contributed by atoms with Crippen LogP contribution in [-0.2, 0) is 9.47 Å². The molecule has 2 saturated heterocycles. The van der Waals surface area contributed by atoms with Crippen molar-refractivity contribution in [2.24, 2.45) is 4.99 Å². The monoisotopic (exact) mass is 699 g/mol. The molecule has 2 atom stereocenters. The Bertz CT molecular complexity index is 2270. The molecule has 5 heterocycles. The topological polar surface area (TPSA) is 126 Å². The Morgan fingerprint density at radius 1 is 0.731 bits per heavy atom. The van der Waals surface area contributed by atoms with E-state index in [0.717, 1.165) is 92.2 Å². The van der Waals surface area contributed by atoms with Crippen molar-refractivity contribution >= 4 is 56.0 Å². The normalized spacial score (nSPS) is 19.5. The van der Waals surface area contributed by atoms with Gasteiger partial charge in [-0.25, -0.2) is 14.6 Å². The summed E-state index contributed by atoms with van der Waals surface area (Å²) in [4.78, 5) is 52.3. The van der Waals surface area contributed by atoms with Crippen LogP contribution < -0.4 is 0 Å². The summed E-state index contributed by atoms with van der Waals surface area (Å²) in [5.41, 5.74) is 5.60. The van der Waals surface area contributed by atoms with E-state index in [-0.39, 0.29) is 24.3 Å². The zero-order valence-corrected chi connectivity index (χ0v) is 30.7. The molecule has 0 radical (unpaired) electrons. The predicted octanol–water partition coefficient (Wildman–Crippen LogP) is 8.98. The Labute approximate surface area is 303 Å². The quantitative estimate of drug-likeness (QED) is 0.186. The molecule has 0 aliphatic carbocycles. The van der Waals surface area contributed by atoms with Gasteiger partial charge in [0.25, 0.3) is 0 Å². The number of fused-ring (bicyclic) bond motifs is 6. The molecule has 2 fully saturated rings. The highest BCUT2D eigenvalue weighted by Gasteiger charge is 2.37. The average molecular weight is 700 g/mol. The van der Waals surface area contributed by atoms with E-state index in [1.54, 1.807) is 17.3 Å². The smallest absolute Gasteiger partial charge is 0.410 e. The van der Waals surface area contributed by atoms with Gasteiger partial charge in [-0.1, -0.05) is 24.3 Å². The van der Waals surface area contributed by atoms with Gasteiger partial charge in [0, 0.05) is 60.2 Å². The highest BCUT2D eigenvalue weighted by Crippen LogP contribution is 2.39. The predicted molar refractivity (Wildman–Crippen MR) is 203 cm³/mol. The van der Waals surface area contributed by atoms with Crippen molar-refractivity contribution in [1.82, 2.24) is 29.7 Å². The van der Waals surface area contributed by atoms with Gasteiger partial charge in [-0.15, -0.1) is 0 Å². The van der Waals surface area contributed by atoms with E-state index in [9.17, 15) is 9.59 Å². The second-order valence-corrected chi connectivity index (χ2v) is 16.1. The summed E-state index contributed by atoms with van der Waals surface area (Å²) in [6.07, 6.45) is 10.9. The van der Waals surface area contributed by atoms with Crippen LogP contribution in [0.2, 0.25) is 0 Å². The first kappa shape index (κ1) is 33.8. The minimum Gasteiger partial charge on any atom is -0.444 e. The summed E-state index contributed by atoms with van der Waals surface area (Å²) in [5, 5.41) is 4.21. The number of likely N-dealkylation sites (tertiary alicyclic amines) is 2. The second-order valence-electron chi connectivity index (χ2n) is 16.1. The SMILES string of the molecule is CC(C)(C)OC(=O)N1CCC[C@H]1C1=NC=C(c2ccc3c4ccc(-c5cnc([C@@H]6CCCN6C(=O)OC(C)(C)C)[nH]5)cc4c4nccnc4c3c2)C1. The number of ether oxygens (including phenoxy) is 2.